The molecule has 0 radical (unpaired) electrons. The highest BCUT2D eigenvalue weighted by atomic mass is 32.2. The van der Waals surface area contributed by atoms with Crippen molar-refractivity contribution in [3.8, 4) is 0 Å². The first kappa shape index (κ1) is 11.4. The maximum absolute atomic E-state index is 12.0. The molecule has 1 aliphatic rings. The van der Waals surface area contributed by atoms with Crippen LogP contribution in [0.15, 0.2) is 29.2 Å². The molecule has 1 unspecified atom stereocenters. The molecule has 0 saturated carbocycles. The molecule has 4 nitrogen and oxygen atoms in total. The van der Waals surface area contributed by atoms with E-state index in [1.807, 2.05) is 19.2 Å². The van der Waals surface area contributed by atoms with E-state index in [-0.39, 0.29) is 11.8 Å². The molecule has 0 aliphatic carbocycles. The average molecular weight is 240 g/mol. The minimum Gasteiger partial charge on any atom is -0.380 e. The second-order valence-electron chi connectivity index (χ2n) is 4.01. The number of benzene rings is 1. The molecule has 0 amide bonds. The van der Waals surface area contributed by atoms with Crippen molar-refractivity contribution in [3.05, 3.63) is 24.3 Å². The van der Waals surface area contributed by atoms with Crippen LogP contribution >= 0.6 is 0 Å². The zero-order chi connectivity index (χ0) is 11.6. The molecule has 88 valence electrons. The van der Waals surface area contributed by atoms with Crippen LogP contribution in [0.3, 0.4) is 0 Å². The molecule has 0 aromatic heterocycles. The Hall–Kier alpha value is -1.07. The van der Waals surface area contributed by atoms with Crippen molar-refractivity contribution in [3.63, 3.8) is 0 Å². The molecule has 1 aromatic rings. The quantitative estimate of drug-likeness (QED) is 0.823. The molecular formula is C11H16N2O2S. The van der Waals surface area contributed by atoms with Gasteiger partial charge in [0.1, 0.15) is 0 Å². The third kappa shape index (κ3) is 2.20. The average Bonchev–Trinajstić information content (AvgIpc) is 2.25. The Bertz CT molecular complexity index is 471. The molecular weight excluding hydrogens is 224 g/mol. The van der Waals surface area contributed by atoms with Crippen molar-refractivity contribution in [1.82, 2.24) is 5.32 Å². The van der Waals surface area contributed by atoms with Gasteiger partial charge in [-0.3, -0.25) is 0 Å². The van der Waals surface area contributed by atoms with Crippen LogP contribution in [0.25, 0.3) is 0 Å². The van der Waals surface area contributed by atoms with Crippen LogP contribution in [0, 0.1) is 0 Å². The molecule has 16 heavy (non-hydrogen) atoms. The van der Waals surface area contributed by atoms with E-state index in [0.29, 0.717) is 4.90 Å². The standard InChI is InChI=1S/C11H16N2O2S/c1-12-7-6-9-8-16(14,15)11-5-3-2-4-10(11)13-9/h2-5,9,12-13H,6-8H2,1H3. The fourth-order valence-corrected chi connectivity index (χ4v) is 3.65. The van der Waals surface area contributed by atoms with Gasteiger partial charge in [0.05, 0.1) is 16.3 Å². The van der Waals surface area contributed by atoms with Crippen molar-refractivity contribution in [2.24, 2.45) is 0 Å². The van der Waals surface area contributed by atoms with Crippen LogP contribution in [0.4, 0.5) is 5.69 Å². The predicted octanol–water partition coefficient (Wildman–Crippen LogP) is 0.864. The largest absolute Gasteiger partial charge is 0.380 e. The zero-order valence-corrected chi connectivity index (χ0v) is 10.0. The van der Waals surface area contributed by atoms with Crippen molar-refractivity contribution < 1.29 is 8.42 Å². The fourth-order valence-electron chi connectivity index (χ4n) is 1.95. The SMILES string of the molecule is CNCCC1CS(=O)(=O)c2ccccc2N1. The maximum atomic E-state index is 12.0. The monoisotopic (exact) mass is 240 g/mol. The van der Waals surface area contributed by atoms with Crippen molar-refractivity contribution in [1.29, 1.82) is 0 Å². The van der Waals surface area contributed by atoms with E-state index in [4.69, 9.17) is 0 Å². The Morgan fingerprint density at radius 3 is 2.94 bits per heavy atom. The number of anilines is 1. The Labute approximate surface area is 96.0 Å². The van der Waals surface area contributed by atoms with Gasteiger partial charge in [0, 0.05) is 6.04 Å². The third-order valence-electron chi connectivity index (χ3n) is 2.75. The Kier molecular flexibility index (Phi) is 3.16. The lowest BCUT2D eigenvalue weighted by Gasteiger charge is -2.26. The van der Waals surface area contributed by atoms with Crippen LogP contribution in [-0.4, -0.2) is 33.8 Å². The Morgan fingerprint density at radius 1 is 1.44 bits per heavy atom. The van der Waals surface area contributed by atoms with Crippen molar-refractivity contribution in [2.75, 3.05) is 24.7 Å². The molecule has 2 N–H and O–H groups in total. The fraction of sp³-hybridized carbons (Fsp3) is 0.455. The van der Waals surface area contributed by atoms with Gasteiger partial charge in [-0.2, -0.15) is 0 Å². The molecule has 1 aliphatic heterocycles. The summed E-state index contributed by atoms with van der Waals surface area (Å²) in [7, 11) is -1.25. The van der Waals surface area contributed by atoms with Crippen LogP contribution in [0.1, 0.15) is 6.42 Å². The van der Waals surface area contributed by atoms with Crippen LogP contribution in [0.5, 0.6) is 0 Å². The lowest BCUT2D eigenvalue weighted by Crippen LogP contribution is -2.36. The molecule has 0 spiro atoms. The summed E-state index contributed by atoms with van der Waals surface area (Å²) >= 11 is 0. The van der Waals surface area contributed by atoms with E-state index in [1.54, 1.807) is 12.1 Å². The van der Waals surface area contributed by atoms with Gasteiger partial charge in [0.15, 0.2) is 9.84 Å². The van der Waals surface area contributed by atoms with E-state index in [0.717, 1.165) is 18.7 Å². The Morgan fingerprint density at radius 2 is 2.19 bits per heavy atom. The van der Waals surface area contributed by atoms with Gasteiger partial charge in [-0.25, -0.2) is 8.42 Å². The summed E-state index contributed by atoms with van der Waals surface area (Å²) in [5, 5.41) is 6.30. The number of hydrogen-bond donors (Lipinski definition) is 2. The summed E-state index contributed by atoms with van der Waals surface area (Å²) < 4.78 is 24.0. The molecule has 0 fully saturated rings. The number of sulfone groups is 1. The summed E-state index contributed by atoms with van der Waals surface area (Å²) in [5.74, 6) is 0.186. The van der Waals surface area contributed by atoms with E-state index < -0.39 is 9.84 Å². The zero-order valence-electron chi connectivity index (χ0n) is 9.23. The summed E-state index contributed by atoms with van der Waals surface area (Å²) in [6.45, 7) is 0.815. The summed E-state index contributed by atoms with van der Waals surface area (Å²) in [4.78, 5) is 0.427. The van der Waals surface area contributed by atoms with E-state index in [1.165, 1.54) is 0 Å². The van der Waals surface area contributed by atoms with Gasteiger partial charge in [-0.15, -0.1) is 0 Å². The second-order valence-corrected chi connectivity index (χ2v) is 6.01. The molecule has 1 aromatic carbocycles. The van der Waals surface area contributed by atoms with Gasteiger partial charge in [-0.05, 0) is 32.1 Å². The molecule has 5 heteroatoms. The number of nitrogens with one attached hydrogen (secondary N) is 2. The highest BCUT2D eigenvalue weighted by Crippen LogP contribution is 2.28. The first-order valence-electron chi connectivity index (χ1n) is 5.36. The lowest BCUT2D eigenvalue weighted by atomic mass is 10.2. The summed E-state index contributed by atoms with van der Waals surface area (Å²) in [6.07, 6.45) is 0.810. The van der Waals surface area contributed by atoms with Gasteiger partial charge in [-0.1, -0.05) is 12.1 Å². The number of rotatable bonds is 3. The first-order valence-corrected chi connectivity index (χ1v) is 7.01. The van der Waals surface area contributed by atoms with Gasteiger partial charge in [0.25, 0.3) is 0 Å². The van der Waals surface area contributed by atoms with Crippen molar-refractivity contribution >= 4 is 15.5 Å². The third-order valence-corrected chi connectivity index (χ3v) is 4.61. The number of hydrogen-bond acceptors (Lipinski definition) is 4. The lowest BCUT2D eigenvalue weighted by molar-refractivity contribution is 0.575. The maximum Gasteiger partial charge on any atom is 0.182 e. The molecule has 1 atom stereocenters. The highest BCUT2D eigenvalue weighted by Gasteiger charge is 2.28. The second kappa shape index (κ2) is 4.43. The minimum atomic E-state index is -3.11. The molecule has 2 rings (SSSR count). The van der Waals surface area contributed by atoms with Gasteiger partial charge in [0.2, 0.25) is 0 Å². The summed E-state index contributed by atoms with van der Waals surface area (Å²) in [5.41, 5.74) is 0.731. The molecule has 1 heterocycles. The summed E-state index contributed by atoms with van der Waals surface area (Å²) in [6, 6.07) is 7.09. The van der Waals surface area contributed by atoms with E-state index in [2.05, 4.69) is 10.6 Å². The van der Waals surface area contributed by atoms with E-state index in [9.17, 15) is 8.42 Å². The van der Waals surface area contributed by atoms with Crippen molar-refractivity contribution in [2.45, 2.75) is 17.4 Å². The highest BCUT2D eigenvalue weighted by molar-refractivity contribution is 7.91. The minimum absolute atomic E-state index is 0.00681. The van der Waals surface area contributed by atoms with Gasteiger partial charge < -0.3 is 10.6 Å². The number of para-hydroxylation sites is 1. The Balaban J connectivity index is 2.27. The molecule has 0 bridgehead atoms. The smallest absolute Gasteiger partial charge is 0.182 e. The first-order chi connectivity index (χ1) is 7.63. The van der Waals surface area contributed by atoms with Gasteiger partial charge >= 0.3 is 0 Å². The molecule has 0 saturated heterocycles. The topological polar surface area (TPSA) is 58.2 Å². The van der Waals surface area contributed by atoms with Crippen LogP contribution in [0.2, 0.25) is 0 Å². The predicted molar refractivity (Wildman–Crippen MR) is 64.4 cm³/mol. The number of fused-ring (bicyclic) bond motifs is 1. The van der Waals surface area contributed by atoms with E-state index >= 15 is 0 Å². The van der Waals surface area contributed by atoms with Crippen LogP contribution < -0.4 is 10.6 Å². The van der Waals surface area contributed by atoms with Crippen LogP contribution in [-0.2, 0) is 9.84 Å². The normalized spacial score (nSPS) is 22.2.